The van der Waals surface area contributed by atoms with Gasteiger partial charge in [0.1, 0.15) is 12.4 Å². The van der Waals surface area contributed by atoms with Gasteiger partial charge in [-0.25, -0.2) is 0 Å². The second-order valence-electron chi connectivity index (χ2n) is 5.02. The van der Waals surface area contributed by atoms with Crippen LogP contribution in [0.5, 0.6) is 5.75 Å². The quantitative estimate of drug-likeness (QED) is 0.937. The molecule has 1 aliphatic carbocycles. The zero-order valence-corrected chi connectivity index (χ0v) is 11.8. The SMILES string of the molecule is O[C@@H]1CCCc2ccc(OCc3ccncc3Cl)cc21. The fraction of sp³-hybridized carbons (Fsp3) is 0.312. The second-order valence-corrected chi connectivity index (χ2v) is 5.43. The van der Waals surface area contributed by atoms with Crippen LogP contribution in [0.4, 0.5) is 0 Å². The molecule has 0 unspecified atom stereocenters. The molecule has 2 aromatic rings. The van der Waals surface area contributed by atoms with Crippen LogP contribution >= 0.6 is 11.6 Å². The van der Waals surface area contributed by atoms with Crippen LogP contribution in [-0.4, -0.2) is 10.1 Å². The molecule has 0 bridgehead atoms. The molecule has 1 aromatic heterocycles. The van der Waals surface area contributed by atoms with E-state index in [0.29, 0.717) is 11.6 Å². The summed E-state index contributed by atoms with van der Waals surface area (Å²) < 4.78 is 5.76. The molecule has 1 aromatic carbocycles. The summed E-state index contributed by atoms with van der Waals surface area (Å²) >= 11 is 6.05. The van der Waals surface area contributed by atoms with Gasteiger partial charge in [0.05, 0.1) is 11.1 Å². The molecule has 104 valence electrons. The van der Waals surface area contributed by atoms with Crippen LogP contribution in [0.3, 0.4) is 0 Å². The smallest absolute Gasteiger partial charge is 0.120 e. The lowest BCUT2D eigenvalue weighted by Crippen LogP contribution is -2.09. The summed E-state index contributed by atoms with van der Waals surface area (Å²) in [4.78, 5) is 3.95. The largest absolute Gasteiger partial charge is 0.489 e. The maximum absolute atomic E-state index is 10.0. The Labute approximate surface area is 123 Å². The molecule has 0 radical (unpaired) electrons. The summed E-state index contributed by atoms with van der Waals surface area (Å²) in [6.45, 7) is 0.399. The summed E-state index contributed by atoms with van der Waals surface area (Å²) in [5, 5.41) is 10.6. The molecule has 0 saturated carbocycles. The Morgan fingerprint density at radius 2 is 2.25 bits per heavy atom. The fourth-order valence-electron chi connectivity index (χ4n) is 2.52. The maximum atomic E-state index is 10.0. The third-order valence-corrected chi connectivity index (χ3v) is 3.99. The minimum absolute atomic E-state index is 0.369. The van der Waals surface area contributed by atoms with Crippen molar-refractivity contribution in [2.45, 2.75) is 32.0 Å². The molecular formula is C16H16ClNO2. The third-order valence-electron chi connectivity index (χ3n) is 3.65. The molecule has 0 spiro atoms. The zero-order valence-electron chi connectivity index (χ0n) is 11.1. The number of hydrogen-bond donors (Lipinski definition) is 1. The maximum Gasteiger partial charge on any atom is 0.120 e. The highest BCUT2D eigenvalue weighted by Crippen LogP contribution is 2.32. The van der Waals surface area contributed by atoms with Crippen molar-refractivity contribution in [3.05, 3.63) is 58.4 Å². The summed E-state index contributed by atoms with van der Waals surface area (Å²) in [7, 11) is 0. The molecular weight excluding hydrogens is 274 g/mol. The van der Waals surface area contributed by atoms with Gasteiger partial charge in [-0.15, -0.1) is 0 Å². The van der Waals surface area contributed by atoms with Crippen molar-refractivity contribution in [2.75, 3.05) is 0 Å². The number of pyridine rings is 1. The van der Waals surface area contributed by atoms with Crippen molar-refractivity contribution in [3.63, 3.8) is 0 Å². The van der Waals surface area contributed by atoms with Gasteiger partial charge in [0.15, 0.2) is 0 Å². The normalized spacial score (nSPS) is 17.6. The van der Waals surface area contributed by atoms with E-state index in [4.69, 9.17) is 16.3 Å². The average Bonchev–Trinajstić information content (AvgIpc) is 2.47. The highest BCUT2D eigenvalue weighted by Gasteiger charge is 2.18. The minimum Gasteiger partial charge on any atom is -0.489 e. The topological polar surface area (TPSA) is 42.4 Å². The van der Waals surface area contributed by atoms with Gasteiger partial charge in [-0.1, -0.05) is 17.7 Å². The molecule has 1 aliphatic rings. The number of halogens is 1. The highest BCUT2D eigenvalue weighted by molar-refractivity contribution is 6.31. The molecule has 3 nitrogen and oxygen atoms in total. The van der Waals surface area contributed by atoms with E-state index in [1.54, 1.807) is 12.4 Å². The second kappa shape index (κ2) is 5.81. The number of aromatic nitrogens is 1. The fourth-order valence-corrected chi connectivity index (χ4v) is 2.70. The van der Waals surface area contributed by atoms with E-state index in [-0.39, 0.29) is 6.10 Å². The minimum atomic E-state index is -0.369. The van der Waals surface area contributed by atoms with E-state index >= 15 is 0 Å². The molecule has 3 rings (SSSR count). The van der Waals surface area contributed by atoms with Crippen LogP contribution in [0.25, 0.3) is 0 Å². The molecule has 1 atom stereocenters. The lowest BCUT2D eigenvalue weighted by molar-refractivity contribution is 0.156. The number of aliphatic hydroxyl groups excluding tert-OH is 1. The van der Waals surface area contributed by atoms with Gasteiger partial charge in [0.2, 0.25) is 0 Å². The lowest BCUT2D eigenvalue weighted by atomic mass is 9.89. The first kappa shape index (κ1) is 13.4. The van der Waals surface area contributed by atoms with Crippen molar-refractivity contribution >= 4 is 11.6 Å². The molecule has 0 amide bonds. The lowest BCUT2D eigenvalue weighted by Gasteiger charge is -2.22. The number of benzene rings is 1. The van der Waals surface area contributed by atoms with Crippen LogP contribution < -0.4 is 4.74 Å². The van der Waals surface area contributed by atoms with Gasteiger partial charge in [0, 0.05) is 18.0 Å². The van der Waals surface area contributed by atoms with E-state index in [9.17, 15) is 5.11 Å². The van der Waals surface area contributed by atoms with E-state index in [2.05, 4.69) is 4.98 Å². The molecule has 1 N–H and O–H groups in total. The third kappa shape index (κ3) is 2.79. The summed E-state index contributed by atoms with van der Waals surface area (Å²) in [5.74, 6) is 0.762. The van der Waals surface area contributed by atoms with Gasteiger partial charge < -0.3 is 9.84 Å². The van der Waals surface area contributed by atoms with Gasteiger partial charge in [0.25, 0.3) is 0 Å². The highest BCUT2D eigenvalue weighted by atomic mass is 35.5. The van der Waals surface area contributed by atoms with Crippen molar-refractivity contribution in [1.29, 1.82) is 0 Å². The standard InChI is InChI=1S/C16H16ClNO2/c17-15-9-18-7-6-12(15)10-20-13-5-4-11-2-1-3-16(19)14(11)8-13/h4-9,16,19H,1-3,10H2/t16-/m1/s1. The molecule has 0 fully saturated rings. The zero-order chi connectivity index (χ0) is 13.9. The number of aliphatic hydroxyl groups is 1. The Morgan fingerprint density at radius 3 is 3.10 bits per heavy atom. The molecule has 0 aliphatic heterocycles. The number of ether oxygens (including phenoxy) is 1. The molecule has 4 heteroatoms. The Balaban J connectivity index is 1.75. The molecule has 1 heterocycles. The number of nitrogens with zero attached hydrogens (tertiary/aromatic N) is 1. The predicted molar refractivity (Wildman–Crippen MR) is 77.9 cm³/mol. The van der Waals surface area contributed by atoms with Gasteiger partial charge in [-0.05, 0) is 48.6 Å². The summed E-state index contributed by atoms with van der Waals surface area (Å²) in [6, 6.07) is 7.77. The predicted octanol–water partition coefficient (Wildman–Crippen LogP) is 3.68. The van der Waals surface area contributed by atoms with Crippen molar-refractivity contribution < 1.29 is 9.84 Å². The average molecular weight is 290 g/mol. The van der Waals surface area contributed by atoms with Crippen molar-refractivity contribution in [2.24, 2.45) is 0 Å². The summed E-state index contributed by atoms with van der Waals surface area (Å²) in [6.07, 6.45) is 5.83. The molecule has 0 saturated heterocycles. The Kier molecular flexibility index (Phi) is 3.90. The van der Waals surface area contributed by atoms with Crippen molar-refractivity contribution in [1.82, 2.24) is 4.98 Å². The van der Waals surface area contributed by atoms with Gasteiger partial charge >= 0.3 is 0 Å². The number of fused-ring (bicyclic) bond motifs is 1. The first-order valence-electron chi connectivity index (χ1n) is 6.76. The number of rotatable bonds is 3. The van der Waals surface area contributed by atoms with Crippen LogP contribution in [0.15, 0.2) is 36.7 Å². The van der Waals surface area contributed by atoms with E-state index < -0.39 is 0 Å². The Bertz CT molecular complexity index is 615. The van der Waals surface area contributed by atoms with Crippen LogP contribution in [0.2, 0.25) is 5.02 Å². The Hall–Kier alpha value is -1.58. The van der Waals surface area contributed by atoms with E-state index in [1.807, 2.05) is 24.3 Å². The van der Waals surface area contributed by atoms with Gasteiger partial charge in [-0.2, -0.15) is 0 Å². The first-order chi connectivity index (χ1) is 9.74. The van der Waals surface area contributed by atoms with Crippen LogP contribution in [-0.2, 0) is 13.0 Å². The summed E-state index contributed by atoms with van der Waals surface area (Å²) in [5.41, 5.74) is 3.12. The number of aryl methyl sites for hydroxylation is 1. The van der Waals surface area contributed by atoms with Crippen molar-refractivity contribution in [3.8, 4) is 5.75 Å². The monoisotopic (exact) mass is 289 g/mol. The molecule has 20 heavy (non-hydrogen) atoms. The Morgan fingerprint density at radius 1 is 1.35 bits per heavy atom. The van der Waals surface area contributed by atoms with Crippen LogP contribution in [0.1, 0.15) is 35.6 Å². The van der Waals surface area contributed by atoms with Crippen LogP contribution in [0, 0.1) is 0 Å². The van der Waals surface area contributed by atoms with E-state index in [0.717, 1.165) is 36.1 Å². The number of hydrogen-bond acceptors (Lipinski definition) is 3. The first-order valence-corrected chi connectivity index (χ1v) is 7.14. The van der Waals surface area contributed by atoms with E-state index in [1.165, 1.54) is 5.56 Å². The van der Waals surface area contributed by atoms with Gasteiger partial charge in [-0.3, -0.25) is 4.98 Å².